The lowest BCUT2D eigenvalue weighted by atomic mass is 9.87. The summed E-state index contributed by atoms with van der Waals surface area (Å²) in [7, 11) is 0. The van der Waals surface area contributed by atoms with E-state index in [1.807, 2.05) is 0 Å². The molecular weight excluding hydrogens is 138 g/mol. The van der Waals surface area contributed by atoms with E-state index >= 15 is 0 Å². The highest BCUT2D eigenvalue weighted by molar-refractivity contribution is 4.99. The molecule has 0 unspecified atom stereocenters. The zero-order valence-electron chi connectivity index (χ0n) is 6.81. The van der Waals surface area contributed by atoms with Crippen LogP contribution in [0.15, 0.2) is 12.2 Å². The summed E-state index contributed by atoms with van der Waals surface area (Å²) in [4.78, 5) is 0. The first-order valence-electron chi connectivity index (χ1n) is 4.41. The van der Waals surface area contributed by atoms with Gasteiger partial charge >= 0.3 is 0 Å². The summed E-state index contributed by atoms with van der Waals surface area (Å²) in [6, 6.07) is 0. The van der Waals surface area contributed by atoms with Crippen molar-refractivity contribution in [1.29, 1.82) is 0 Å². The molecule has 11 heavy (non-hydrogen) atoms. The van der Waals surface area contributed by atoms with Crippen LogP contribution >= 0.6 is 0 Å². The Kier molecular flexibility index (Phi) is 1.96. The van der Waals surface area contributed by atoms with Crippen LogP contribution in [0.1, 0.15) is 19.3 Å². The second-order valence-electron chi connectivity index (χ2n) is 3.42. The molecule has 0 aromatic carbocycles. The third-order valence-electron chi connectivity index (χ3n) is 2.66. The Morgan fingerprint density at radius 1 is 1.18 bits per heavy atom. The van der Waals surface area contributed by atoms with Gasteiger partial charge in [0.1, 0.15) is 0 Å². The van der Waals surface area contributed by atoms with Crippen molar-refractivity contribution in [2.45, 2.75) is 24.9 Å². The molecule has 0 atom stereocenters. The summed E-state index contributed by atoms with van der Waals surface area (Å²) in [5, 5.41) is 3.35. The molecule has 2 nitrogen and oxygen atoms in total. The fourth-order valence-electron chi connectivity index (χ4n) is 1.88. The first kappa shape index (κ1) is 7.32. The van der Waals surface area contributed by atoms with Crippen molar-refractivity contribution in [3.8, 4) is 0 Å². The maximum atomic E-state index is 5.78. The third kappa shape index (κ3) is 1.47. The van der Waals surface area contributed by atoms with Crippen molar-refractivity contribution in [1.82, 2.24) is 5.32 Å². The minimum absolute atomic E-state index is 0.208. The van der Waals surface area contributed by atoms with Gasteiger partial charge in [-0.05, 0) is 32.4 Å². The molecule has 62 valence electrons. The number of nitrogens with one attached hydrogen (secondary N) is 1. The van der Waals surface area contributed by atoms with Crippen LogP contribution < -0.4 is 5.32 Å². The molecule has 1 spiro atoms. The lowest BCUT2D eigenvalue weighted by molar-refractivity contribution is -0.0569. The van der Waals surface area contributed by atoms with Gasteiger partial charge in [-0.25, -0.2) is 0 Å². The topological polar surface area (TPSA) is 21.3 Å². The molecule has 0 saturated carbocycles. The normalized spacial score (nSPS) is 29.1. The van der Waals surface area contributed by atoms with Gasteiger partial charge in [0, 0.05) is 0 Å². The molecule has 0 aliphatic carbocycles. The van der Waals surface area contributed by atoms with E-state index < -0.39 is 0 Å². The minimum Gasteiger partial charge on any atom is -0.371 e. The van der Waals surface area contributed by atoms with Gasteiger partial charge < -0.3 is 10.1 Å². The summed E-state index contributed by atoms with van der Waals surface area (Å²) >= 11 is 0. The number of rotatable bonds is 0. The van der Waals surface area contributed by atoms with Crippen LogP contribution in [0.4, 0.5) is 0 Å². The van der Waals surface area contributed by atoms with Gasteiger partial charge in [-0.1, -0.05) is 12.2 Å². The fraction of sp³-hybridized carbons (Fsp3) is 0.778. The molecule has 0 aromatic heterocycles. The summed E-state index contributed by atoms with van der Waals surface area (Å²) in [5.41, 5.74) is 0.208. The van der Waals surface area contributed by atoms with Crippen LogP contribution in [0, 0.1) is 0 Å². The second kappa shape index (κ2) is 2.95. The van der Waals surface area contributed by atoms with Gasteiger partial charge in [0.25, 0.3) is 0 Å². The van der Waals surface area contributed by atoms with E-state index in [1.54, 1.807) is 0 Å². The molecule has 0 amide bonds. The van der Waals surface area contributed by atoms with Gasteiger partial charge in [0.05, 0.1) is 12.2 Å². The van der Waals surface area contributed by atoms with Crippen LogP contribution in [0.25, 0.3) is 0 Å². The molecule has 0 bridgehead atoms. The predicted octanol–water partition coefficient (Wildman–Crippen LogP) is 1.09. The quantitative estimate of drug-likeness (QED) is 0.526. The van der Waals surface area contributed by atoms with Crippen LogP contribution in [-0.4, -0.2) is 25.3 Å². The Morgan fingerprint density at radius 3 is 2.64 bits per heavy atom. The number of hydrogen-bond donors (Lipinski definition) is 1. The Bertz CT molecular complexity index is 159. The molecule has 0 aromatic rings. The SMILES string of the molecule is C1=CCC2(CCNCC2)OC1. The van der Waals surface area contributed by atoms with Gasteiger partial charge in [-0.2, -0.15) is 0 Å². The number of ether oxygens (including phenoxy) is 1. The molecule has 0 radical (unpaired) electrons. The Morgan fingerprint density at radius 2 is 2.00 bits per heavy atom. The van der Waals surface area contributed by atoms with E-state index in [0.717, 1.165) is 26.1 Å². The molecule has 1 N–H and O–H groups in total. The Hall–Kier alpha value is -0.340. The van der Waals surface area contributed by atoms with Crippen molar-refractivity contribution in [2.24, 2.45) is 0 Å². The maximum Gasteiger partial charge on any atom is 0.0745 e. The van der Waals surface area contributed by atoms with Gasteiger partial charge in [0.15, 0.2) is 0 Å². The molecule has 2 aliphatic heterocycles. The molecule has 1 saturated heterocycles. The van der Waals surface area contributed by atoms with E-state index in [9.17, 15) is 0 Å². The predicted molar refractivity (Wildman–Crippen MR) is 44.5 cm³/mol. The van der Waals surface area contributed by atoms with Crippen LogP contribution in [-0.2, 0) is 4.74 Å². The summed E-state index contributed by atoms with van der Waals surface area (Å²) < 4.78 is 5.78. The highest BCUT2D eigenvalue weighted by Crippen LogP contribution is 2.29. The molecule has 2 heteroatoms. The third-order valence-corrected chi connectivity index (χ3v) is 2.66. The summed E-state index contributed by atoms with van der Waals surface area (Å²) in [5.74, 6) is 0. The lowest BCUT2D eigenvalue weighted by Crippen LogP contribution is -2.44. The monoisotopic (exact) mass is 153 g/mol. The molecule has 2 rings (SSSR count). The average molecular weight is 153 g/mol. The number of hydrogen-bond acceptors (Lipinski definition) is 2. The van der Waals surface area contributed by atoms with Crippen LogP contribution in [0.3, 0.4) is 0 Å². The van der Waals surface area contributed by atoms with Crippen molar-refractivity contribution in [3.63, 3.8) is 0 Å². The lowest BCUT2D eigenvalue weighted by Gasteiger charge is -2.38. The largest absolute Gasteiger partial charge is 0.371 e. The molecule has 2 heterocycles. The van der Waals surface area contributed by atoms with Gasteiger partial charge in [0.2, 0.25) is 0 Å². The summed E-state index contributed by atoms with van der Waals surface area (Å²) in [6.45, 7) is 3.06. The first-order chi connectivity index (χ1) is 5.41. The van der Waals surface area contributed by atoms with Gasteiger partial charge in [-0.15, -0.1) is 0 Å². The van der Waals surface area contributed by atoms with E-state index in [4.69, 9.17) is 4.74 Å². The van der Waals surface area contributed by atoms with Gasteiger partial charge in [-0.3, -0.25) is 0 Å². The second-order valence-corrected chi connectivity index (χ2v) is 3.42. The standard InChI is InChI=1S/C9H15NO/c1-2-8-11-9(3-1)4-6-10-7-5-9/h1-2,10H,3-8H2. The van der Waals surface area contributed by atoms with Crippen LogP contribution in [0.5, 0.6) is 0 Å². The van der Waals surface area contributed by atoms with Crippen molar-refractivity contribution in [2.75, 3.05) is 19.7 Å². The Balaban J connectivity index is 2.01. The zero-order chi connectivity index (χ0) is 7.57. The van der Waals surface area contributed by atoms with E-state index in [1.165, 1.54) is 12.8 Å². The Labute approximate surface area is 67.6 Å². The summed E-state index contributed by atoms with van der Waals surface area (Å²) in [6.07, 6.45) is 7.85. The average Bonchev–Trinajstić information content (AvgIpc) is 2.07. The van der Waals surface area contributed by atoms with Crippen molar-refractivity contribution in [3.05, 3.63) is 12.2 Å². The van der Waals surface area contributed by atoms with E-state index in [0.29, 0.717) is 0 Å². The first-order valence-corrected chi connectivity index (χ1v) is 4.41. The minimum atomic E-state index is 0.208. The highest BCUT2D eigenvalue weighted by atomic mass is 16.5. The van der Waals surface area contributed by atoms with E-state index in [2.05, 4.69) is 17.5 Å². The van der Waals surface area contributed by atoms with E-state index in [-0.39, 0.29) is 5.60 Å². The van der Waals surface area contributed by atoms with Crippen molar-refractivity contribution < 1.29 is 4.74 Å². The fourth-order valence-corrected chi connectivity index (χ4v) is 1.88. The molecule has 2 aliphatic rings. The molecular formula is C9H15NO. The maximum absolute atomic E-state index is 5.78. The number of piperidine rings is 1. The van der Waals surface area contributed by atoms with Crippen LogP contribution in [0.2, 0.25) is 0 Å². The van der Waals surface area contributed by atoms with Crippen molar-refractivity contribution >= 4 is 0 Å². The molecule has 1 fully saturated rings. The smallest absolute Gasteiger partial charge is 0.0745 e. The highest BCUT2D eigenvalue weighted by Gasteiger charge is 2.32. The zero-order valence-corrected chi connectivity index (χ0v) is 6.81.